The maximum atomic E-state index is 12.6. The second-order valence-electron chi connectivity index (χ2n) is 13.2. The molecule has 11 heteroatoms. The molecule has 1 unspecified atom stereocenters. The number of carbonyl (C=O) groups is 2. The molecular formula is C46H73O10P. The van der Waals surface area contributed by atoms with Crippen molar-refractivity contribution in [3.05, 3.63) is 109 Å². The van der Waals surface area contributed by atoms with Crippen molar-refractivity contribution < 1.29 is 47.8 Å². The normalized spacial score (nSPS) is 15.0. The summed E-state index contributed by atoms with van der Waals surface area (Å²) in [5, 5.41) is 18.3. The van der Waals surface area contributed by atoms with Gasteiger partial charge in [0.1, 0.15) is 12.7 Å². The molecule has 10 nitrogen and oxygen atoms in total. The zero-order valence-corrected chi connectivity index (χ0v) is 35.6. The lowest BCUT2D eigenvalue weighted by atomic mass is 10.1. The topological polar surface area (TPSA) is 149 Å². The summed E-state index contributed by atoms with van der Waals surface area (Å²) in [5.74, 6) is -1.06. The molecule has 57 heavy (non-hydrogen) atoms. The van der Waals surface area contributed by atoms with Crippen molar-refractivity contribution in [1.29, 1.82) is 0 Å². The van der Waals surface area contributed by atoms with E-state index >= 15 is 0 Å². The van der Waals surface area contributed by atoms with Gasteiger partial charge in [-0.1, -0.05) is 142 Å². The van der Waals surface area contributed by atoms with Crippen molar-refractivity contribution >= 4 is 19.8 Å². The number of aliphatic hydroxyl groups is 2. The van der Waals surface area contributed by atoms with Crippen LogP contribution in [0.25, 0.3) is 0 Å². The number of ether oxygens (including phenoxy) is 2. The van der Waals surface area contributed by atoms with Gasteiger partial charge in [-0.05, 0) is 83.5 Å². The van der Waals surface area contributed by atoms with E-state index in [4.69, 9.17) is 19.1 Å². The molecule has 0 aliphatic carbocycles. The maximum absolute atomic E-state index is 12.6. The van der Waals surface area contributed by atoms with Crippen LogP contribution >= 0.6 is 7.82 Å². The Labute approximate surface area is 344 Å². The number of phosphoric acid groups is 1. The van der Waals surface area contributed by atoms with E-state index in [-0.39, 0.29) is 19.4 Å². The summed E-state index contributed by atoms with van der Waals surface area (Å²) in [5.41, 5.74) is 0. The van der Waals surface area contributed by atoms with E-state index in [1.165, 1.54) is 0 Å². The molecule has 0 spiro atoms. The molecule has 0 saturated carbocycles. The Bertz CT molecular complexity index is 1310. The number of carbonyl (C=O) groups excluding carboxylic acids is 2. The van der Waals surface area contributed by atoms with Gasteiger partial charge in [0.2, 0.25) is 0 Å². The number of phosphoric ester groups is 1. The Balaban J connectivity index is 4.50. The number of aliphatic hydroxyl groups excluding tert-OH is 2. The van der Waals surface area contributed by atoms with Gasteiger partial charge < -0.3 is 24.6 Å². The third-order valence-corrected chi connectivity index (χ3v) is 8.89. The summed E-state index contributed by atoms with van der Waals surface area (Å²) in [6.07, 6.45) is 50.7. The van der Waals surface area contributed by atoms with Gasteiger partial charge in [-0.3, -0.25) is 18.6 Å². The SMILES string of the molecule is CCC=CCC=CCC=CCC=CCC=CCC=CCCC(=O)O[C@H](COC(=O)CCCCCCCC=CCC=CCC=CCC)COP(=O)(O)OC[C@@H](O)CO. The molecule has 0 aliphatic heterocycles. The van der Waals surface area contributed by atoms with Crippen LogP contribution in [0.2, 0.25) is 0 Å². The lowest BCUT2D eigenvalue weighted by molar-refractivity contribution is -0.161. The zero-order chi connectivity index (χ0) is 41.9. The Morgan fingerprint density at radius 1 is 0.526 bits per heavy atom. The van der Waals surface area contributed by atoms with Crippen LogP contribution in [0.1, 0.15) is 129 Å². The fraction of sp³-hybridized carbons (Fsp3) is 0.565. The monoisotopic (exact) mass is 816 g/mol. The van der Waals surface area contributed by atoms with Crippen LogP contribution in [0.4, 0.5) is 0 Å². The van der Waals surface area contributed by atoms with E-state index in [1.807, 2.05) is 12.2 Å². The minimum Gasteiger partial charge on any atom is -0.462 e. The van der Waals surface area contributed by atoms with Crippen LogP contribution in [-0.2, 0) is 32.7 Å². The summed E-state index contributed by atoms with van der Waals surface area (Å²) >= 11 is 0. The first-order valence-corrected chi connectivity index (χ1v) is 22.3. The summed E-state index contributed by atoms with van der Waals surface area (Å²) < 4.78 is 32.6. The molecule has 3 atom stereocenters. The van der Waals surface area contributed by atoms with Crippen LogP contribution in [0.15, 0.2) is 109 Å². The summed E-state index contributed by atoms with van der Waals surface area (Å²) in [6.45, 7) is 2.01. The van der Waals surface area contributed by atoms with E-state index in [9.17, 15) is 24.2 Å². The van der Waals surface area contributed by atoms with E-state index in [1.54, 1.807) is 0 Å². The van der Waals surface area contributed by atoms with Crippen LogP contribution in [0, 0.1) is 0 Å². The standard InChI is InChI=1S/C46H73O10P/c1-3-5-7-9-11-13-15-17-19-20-21-22-24-26-28-30-32-34-36-38-46(50)56-44(42-55-57(51,52)54-40-43(48)39-47)41-53-45(49)37-35-33-31-29-27-25-23-18-16-14-12-10-8-6-4-2/h5-8,11-14,17-19,21-23,26,28,32,34,43-44,47-48H,3-4,9-10,15-16,20,24-25,27,29-31,33,35-42H2,1-2H3,(H,51,52)/t43-,44+/m0/s1. The Morgan fingerprint density at radius 2 is 0.947 bits per heavy atom. The zero-order valence-electron chi connectivity index (χ0n) is 34.7. The van der Waals surface area contributed by atoms with Gasteiger partial charge in [0.05, 0.1) is 19.8 Å². The van der Waals surface area contributed by atoms with E-state index in [2.05, 4.69) is 116 Å². The number of hydrogen-bond donors (Lipinski definition) is 3. The van der Waals surface area contributed by atoms with Crippen molar-refractivity contribution in [3.63, 3.8) is 0 Å². The molecule has 322 valence electrons. The second-order valence-corrected chi connectivity index (χ2v) is 14.7. The van der Waals surface area contributed by atoms with Crippen LogP contribution < -0.4 is 0 Å². The van der Waals surface area contributed by atoms with Gasteiger partial charge in [0, 0.05) is 12.8 Å². The van der Waals surface area contributed by atoms with E-state index in [0.717, 1.165) is 89.9 Å². The fourth-order valence-electron chi connectivity index (χ4n) is 4.80. The van der Waals surface area contributed by atoms with Crippen molar-refractivity contribution in [3.8, 4) is 0 Å². The van der Waals surface area contributed by atoms with Gasteiger partial charge in [-0.15, -0.1) is 0 Å². The van der Waals surface area contributed by atoms with Gasteiger partial charge in [-0.2, -0.15) is 0 Å². The number of esters is 2. The molecule has 0 aliphatic rings. The summed E-state index contributed by atoms with van der Waals surface area (Å²) in [4.78, 5) is 34.9. The molecule has 0 amide bonds. The minimum absolute atomic E-state index is 0.0480. The van der Waals surface area contributed by atoms with Gasteiger partial charge in [-0.25, -0.2) is 4.57 Å². The third kappa shape index (κ3) is 40.6. The highest BCUT2D eigenvalue weighted by Crippen LogP contribution is 2.43. The van der Waals surface area contributed by atoms with E-state index < -0.39 is 51.8 Å². The quantitative estimate of drug-likeness (QED) is 0.0239. The van der Waals surface area contributed by atoms with Crippen LogP contribution in [0.3, 0.4) is 0 Å². The highest BCUT2D eigenvalue weighted by molar-refractivity contribution is 7.47. The fourth-order valence-corrected chi connectivity index (χ4v) is 5.59. The lowest BCUT2D eigenvalue weighted by Gasteiger charge is -2.20. The lowest BCUT2D eigenvalue weighted by Crippen LogP contribution is -2.29. The molecule has 0 aromatic rings. The molecule has 0 rings (SSSR count). The van der Waals surface area contributed by atoms with Crippen molar-refractivity contribution in [2.75, 3.05) is 26.4 Å². The molecule has 0 radical (unpaired) electrons. The van der Waals surface area contributed by atoms with Crippen molar-refractivity contribution in [1.82, 2.24) is 0 Å². The highest BCUT2D eigenvalue weighted by Gasteiger charge is 2.27. The van der Waals surface area contributed by atoms with Crippen LogP contribution in [0.5, 0.6) is 0 Å². The van der Waals surface area contributed by atoms with Crippen molar-refractivity contribution in [2.45, 2.75) is 142 Å². The number of unbranched alkanes of at least 4 members (excludes halogenated alkanes) is 5. The molecule has 0 bridgehead atoms. The largest absolute Gasteiger partial charge is 0.472 e. The highest BCUT2D eigenvalue weighted by atomic mass is 31.2. The molecule has 0 heterocycles. The Kier molecular flexibility index (Phi) is 38.4. The molecule has 0 saturated heterocycles. The minimum atomic E-state index is -4.65. The number of rotatable bonds is 37. The Morgan fingerprint density at radius 3 is 1.44 bits per heavy atom. The second kappa shape index (κ2) is 40.8. The van der Waals surface area contributed by atoms with Crippen molar-refractivity contribution in [2.24, 2.45) is 0 Å². The summed E-state index contributed by atoms with van der Waals surface area (Å²) in [6, 6.07) is 0. The smallest absolute Gasteiger partial charge is 0.462 e. The molecule has 0 aromatic carbocycles. The number of allylic oxidation sites excluding steroid dienone is 18. The van der Waals surface area contributed by atoms with Gasteiger partial charge in [0.25, 0.3) is 0 Å². The average Bonchev–Trinajstić information content (AvgIpc) is 3.20. The van der Waals surface area contributed by atoms with Gasteiger partial charge >= 0.3 is 19.8 Å². The van der Waals surface area contributed by atoms with Crippen LogP contribution in [-0.4, -0.2) is 65.7 Å². The maximum Gasteiger partial charge on any atom is 0.472 e. The first-order chi connectivity index (χ1) is 27.7. The molecule has 0 fully saturated rings. The molecule has 0 aromatic heterocycles. The third-order valence-electron chi connectivity index (χ3n) is 7.94. The molecular weight excluding hydrogens is 743 g/mol. The van der Waals surface area contributed by atoms with E-state index in [0.29, 0.717) is 12.8 Å². The number of hydrogen-bond acceptors (Lipinski definition) is 9. The summed E-state index contributed by atoms with van der Waals surface area (Å²) in [7, 11) is -4.65. The first-order valence-electron chi connectivity index (χ1n) is 20.8. The predicted octanol–water partition coefficient (Wildman–Crippen LogP) is 11.0. The predicted molar refractivity (Wildman–Crippen MR) is 232 cm³/mol. The van der Waals surface area contributed by atoms with Gasteiger partial charge in [0.15, 0.2) is 6.10 Å². The Hall–Kier alpha value is -3.37. The molecule has 3 N–H and O–H groups in total. The first kappa shape index (κ1) is 53.6. The average molecular weight is 817 g/mol.